The number of fused-ring (bicyclic) bond motifs is 1. The number of carbonyl (C=O) groups excluding carboxylic acids is 1. The number of hydrogen-bond acceptors (Lipinski definition) is 5. The molecule has 2 heterocycles. The number of Topliss-reactive ketones (excluding diaryl/α,β-unsaturated/α-hetero) is 1. The van der Waals surface area contributed by atoms with Gasteiger partial charge in [-0.15, -0.1) is 0 Å². The van der Waals surface area contributed by atoms with E-state index in [0.29, 0.717) is 5.56 Å². The Balaban J connectivity index is 1.62. The van der Waals surface area contributed by atoms with Gasteiger partial charge in [0.15, 0.2) is 17.2 Å². The normalized spacial score (nSPS) is 14.4. The second kappa shape index (κ2) is 6.88. The maximum absolute atomic E-state index is 13.2. The van der Waals surface area contributed by atoms with Gasteiger partial charge in [0, 0.05) is 24.6 Å². The molecule has 0 amide bonds. The van der Waals surface area contributed by atoms with Crippen molar-refractivity contribution in [2.75, 3.05) is 5.32 Å². The minimum atomic E-state index is -4.67. The summed E-state index contributed by atoms with van der Waals surface area (Å²) in [5.41, 5.74) is 1.90. The van der Waals surface area contributed by atoms with Crippen molar-refractivity contribution < 1.29 is 18.0 Å². The minimum Gasteiger partial charge on any atom is -0.365 e. The quantitative estimate of drug-likeness (QED) is 0.645. The predicted molar refractivity (Wildman–Crippen MR) is 97.1 cm³/mol. The first-order chi connectivity index (χ1) is 13.3. The summed E-state index contributed by atoms with van der Waals surface area (Å²) < 4.78 is 41.1. The summed E-state index contributed by atoms with van der Waals surface area (Å²) in [6, 6.07) is 7.32. The van der Waals surface area contributed by atoms with E-state index >= 15 is 0 Å². The average molecular weight is 389 g/mol. The highest BCUT2D eigenvalue weighted by molar-refractivity contribution is 5.96. The highest BCUT2D eigenvalue weighted by Gasteiger charge is 2.37. The van der Waals surface area contributed by atoms with Gasteiger partial charge < -0.3 is 9.88 Å². The van der Waals surface area contributed by atoms with Gasteiger partial charge in [-0.2, -0.15) is 13.2 Å². The van der Waals surface area contributed by atoms with E-state index in [2.05, 4.69) is 20.3 Å². The van der Waals surface area contributed by atoms with E-state index in [0.717, 1.165) is 18.4 Å². The molecule has 0 atom stereocenters. The average Bonchev–Trinajstić information content (AvgIpc) is 3.36. The standard InChI is InChI=1S/C19H18F3N5O/c1-11-3-2-4-12(9-11)14(28)7-8-27-10-23-15-16(24-13-5-6-13)25-18(19(20,21)22)26-17(15)27/h2-4,9-10,13H,5-8H2,1H3,(H,24,25,26). The molecule has 1 aromatic carbocycles. The van der Waals surface area contributed by atoms with E-state index in [-0.39, 0.29) is 41.8 Å². The molecule has 28 heavy (non-hydrogen) atoms. The summed E-state index contributed by atoms with van der Waals surface area (Å²) in [7, 11) is 0. The van der Waals surface area contributed by atoms with Crippen molar-refractivity contribution in [3.05, 3.63) is 47.5 Å². The number of rotatable bonds is 6. The fourth-order valence-corrected chi connectivity index (χ4v) is 2.94. The van der Waals surface area contributed by atoms with Crippen LogP contribution in [0.15, 0.2) is 30.6 Å². The van der Waals surface area contributed by atoms with Crippen molar-refractivity contribution in [2.24, 2.45) is 0 Å². The highest BCUT2D eigenvalue weighted by Crippen LogP contribution is 2.32. The van der Waals surface area contributed by atoms with Crippen LogP contribution in [0.4, 0.5) is 19.0 Å². The zero-order valence-electron chi connectivity index (χ0n) is 15.1. The minimum absolute atomic E-state index is 0.0718. The lowest BCUT2D eigenvalue weighted by Gasteiger charge is -2.10. The van der Waals surface area contributed by atoms with Crippen LogP contribution in [0.5, 0.6) is 0 Å². The van der Waals surface area contributed by atoms with Crippen molar-refractivity contribution in [1.29, 1.82) is 0 Å². The third kappa shape index (κ3) is 3.83. The Kier molecular flexibility index (Phi) is 4.52. The van der Waals surface area contributed by atoms with Crippen LogP contribution >= 0.6 is 0 Å². The molecule has 0 saturated heterocycles. The number of aromatic nitrogens is 4. The van der Waals surface area contributed by atoms with Gasteiger partial charge in [0.1, 0.15) is 5.52 Å². The number of imidazole rings is 1. The van der Waals surface area contributed by atoms with Crippen LogP contribution in [0, 0.1) is 6.92 Å². The van der Waals surface area contributed by atoms with Crippen LogP contribution in [0.25, 0.3) is 11.2 Å². The Hall–Kier alpha value is -2.97. The number of nitrogens with zero attached hydrogens (tertiary/aromatic N) is 4. The van der Waals surface area contributed by atoms with Gasteiger partial charge >= 0.3 is 6.18 Å². The summed E-state index contributed by atoms with van der Waals surface area (Å²) in [6.07, 6.45) is -1.36. The summed E-state index contributed by atoms with van der Waals surface area (Å²) in [6.45, 7) is 2.07. The number of benzene rings is 1. The van der Waals surface area contributed by atoms with Gasteiger partial charge in [0.25, 0.3) is 0 Å². The van der Waals surface area contributed by atoms with Crippen molar-refractivity contribution in [3.63, 3.8) is 0 Å². The smallest absolute Gasteiger partial charge is 0.365 e. The van der Waals surface area contributed by atoms with Crippen LogP contribution in [0.3, 0.4) is 0 Å². The molecule has 1 N–H and O–H groups in total. The Morgan fingerprint density at radius 3 is 2.75 bits per heavy atom. The molecule has 4 rings (SSSR count). The van der Waals surface area contributed by atoms with Crippen molar-refractivity contribution in [2.45, 2.75) is 44.9 Å². The number of alkyl halides is 3. The summed E-state index contributed by atoms with van der Waals surface area (Å²) in [5.74, 6) is -1.22. The zero-order valence-corrected chi connectivity index (χ0v) is 15.1. The van der Waals surface area contributed by atoms with Crippen LogP contribution in [0.2, 0.25) is 0 Å². The molecule has 0 radical (unpaired) electrons. The number of hydrogen-bond donors (Lipinski definition) is 1. The fraction of sp³-hybridized carbons (Fsp3) is 0.368. The lowest BCUT2D eigenvalue weighted by atomic mass is 10.1. The van der Waals surface area contributed by atoms with E-state index in [4.69, 9.17) is 0 Å². The molecule has 2 aromatic heterocycles. The molecule has 146 valence electrons. The van der Waals surface area contributed by atoms with E-state index in [1.807, 2.05) is 13.0 Å². The highest BCUT2D eigenvalue weighted by atomic mass is 19.4. The molecular weight excluding hydrogens is 371 g/mol. The monoisotopic (exact) mass is 389 g/mol. The van der Waals surface area contributed by atoms with Crippen molar-refractivity contribution in [1.82, 2.24) is 19.5 Å². The number of ketones is 1. The molecule has 0 aliphatic heterocycles. The molecule has 1 fully saturated rings. The second-order valence-corrected chi connectivity index (χ2v) is 6.97. The first-order valence-electron chi connectivity index (χ1n) is 8.98. The van der Waals surface area contributed by atoms with Crippen LogP contribution in [-0.4, -0.2) is 31.3 Å². The van der Waals surface area contributed by atoms with E-state index in [9.17, 15) is 18.0 Å². The number of anilines is 1. The molecular formula is C19H18F3N5O. The molecule has 0 unspecified atom stereocenters. The zero-order chi connectivity index (χ0) is 19.9. The molecule has 9 heteroatoms. The van der Waals surface area contributed by atoms with E-state index in [1.54, 1.807) is 18.2 Å². The molecule has 1 saturated carbocycles. The molecule has 1 aliphatic carbocycles. The predicted octanol–water partition coefficient (Wildman–Crippen LogP) is 4.00. The van der Waals surface area contributed by atoms with E-state index < -0.39 is 12.0 Å². The Bertz CT molecular complexity index is 1040. The maximum Gasteiger partial charge on any atom is 0.451 e. The first-order valence-corrected chi connectivity index (χ1v) is 8.98. The summed E-state index contributed by atoms with van der Waals surface area (Å²) in [4.78, 5) is 23.9. The van der Waals surface area contributed by atoms with Crippen LogP contribution in [0.1, 0.15) is 41.0 Å². The van der Waals surface area contributed by atoms with Gasteiger partial charge in [0.05, 0.1) is 6.33 Å². The van der Waals surface area contributed by atoms with Crippen LogP contribution < -0.4 is 5.32 Å². The van der Waals surface area contributed by atoms with Gasteiger partial charge in [-0.05, 0) is 25.8 Å². The number of carbonyl (C=O) groups is 1. The molecule has 3 aromatic rings. The Labute approximate surface area is 158 Å². The Morgan fingerprint density at radius 2 is 2.07 bits per heavy atom. The SMILES string of the molecule is Cc1cccc(C(=O)CCn2cnc3c(NC4CC4)nc(C(F)(F)F)nc32)c1. The van der Waals surface area contributed by atoms with Gasteiger partial charge in [-0.3, -0.25) is 4.79 Å². The maximum atomic E-state index is 13.2. The Morgan fingerprint density at radius 1 is 1.29 bits per heavy atom. The van der Waals surface area contributed by atoms with Gasteiger partial charge in [-0.1, -0.05) is 23.8 Å². The molecule has 1 aliphatic rings. The van der Waals surface area contributed by atoms with Gasteiger partial charge in [-0.25, -0.2) is 15.0 Å². The number of aryl methyl sites for hydroxylation is 2. The number of nitrogens with one attached hydrogen (secondary N) is 1. The summed E-state index contributed by atoms with van der Waals surface area (Å²) >= 11 is 0. The largest absolute Gasteiger partial charge is 0.451 e. The second-order valence-electron chi connectivity index (χ2n) is 6.97. The third-order valence-electron chi connectivity index (χ3n) is 4.56. The van der Waals surface area contributed by atoms with Crippen LogP contribution in [-0.2, 0) is 12.7 Å². The van der Waals surface area contributed by atoms with E-state index in [1.165, 1.54) is 10.9 Å². The number of halogens is 3. The molecule has 6 nitrogen and oxygen atoms in total. The molecule has 0 bridgehead atoms. The topological polar surface area (TPSA) is 72.7 Å². The first kappa shape index (κ1) is 18.4. The molecule has 0 spiro atoms. The lowest BCUT2D eigenvalue weighted by molar-refractivity contribution is -0.144. The lowest BCUT2D eigenvalue weighted by Crippen LogP contribution is -2.15. The van der Waals surface area contributed by atoms with Crippen molar-refractivity contribution >= 4 is 22.8 Å². The third-order valence-corrected chi connectivity index (χ3v) is 4.56. The van der Waals surface area contributed by atoms with Gasteiger partial charge in [0.2, 0.25) is 5.82 Å². The summed E-state index contributed by atoms with van der Waals surface area (Å²) in [5, 5.41) is 2.99. The fourth-order valence-electron chi connectivity index (χ4n) is 2.94. The van der Waals surface area contributed by atoms with Crippen molar-refractivity contribution in [3.8, 4) is 0 Å².